The standard InChI is InChI=1S/C14H23NO2S/c1-3-18(16,17)12-11-15-13(2)9-10-14-7-5-4-6-8-14/h4-8,13,15H,3,9-12H2,1-2H3. The molecule has 0 radical (unpaired) electrons. The Kier molecular flexibility index (Phi) is 6.36. The second-order valence-electron chi connectivity index (χ2n) is 4.62. The van der Waals surface area contributed by atoms with E-state index < -0.39 is 9.84 Å². The van der Waals surface area contributed by atoms with Crippen LogP contribution in [0.4, 0.5) is 0 Å². The predicted octanol–water partition coefficient (Wildman–Crippen LogP) is 2.03. The van der Waals surface area contributed by atoms with Crippen molar-refractivity contribution in [2.75, 3.05) is 18.1 Å². The number of rotatable bonds is 8. The molecule has 0 aliphatic heterocycles. The van der Waals surface area contributed by atoms with E-state index >= 15 is 0 Å². The summed E-state index contributed by atoms with van der Waals surface area (Å²) in [6, 6.07) is 10.7. The number of hydrogen-bond donors (Lipinski definition) is 1. The van der Waals surface area contributed by atoms with Gasteiger partial charge in [0.1, 0.15) is 0 Å². The molecule has 102 valence electrons. The van der Waals surface area contributed by atoms with Gasteiger partial charge in [0.25, 0.3) is 0 Å². The van der Waals surface area contributed by atoms with Crippen LogP contribution in [0.2, 0.25) is 0 Å². The third-order valence-electron chi connectivity index (χ3n) is 3.05. The first-order valence-corrected chi connectivity index (χ1v) is 8.33. The molecule has 1 N–H and O–H groups in total. The van der Waals surface area contributed by atoms with Crippen molar-refractivity contribution in [3.05, 3.63) is 35.9 Å². The Morgan fingerprint density at radius 2 is 1.89 bits per heavy atom. The van der Waals surface area contributed by atoms with Crippen molar-refractivity contribution in [3.63, 3.8) is 0 Å². The molecule has 0 aliphatic carbocycles. The van der Waals surface area contributed by atoms with Crippen LogP contribution in [0.1, 0.15) is 25.8 Å². The lowest BCUT2D eigenvalue weighted by Crippen LogP contribution is -2.31. The van der Waals surface area contributed by atoms with Crippen molar-refractivity contribution < 1.29 is 8.42 Å². The monoisotopic (exact) mass is 269 g/mol. The van der Waals surface area contributed by atoms with Crippen LogP contribution in [-0.4, -0.2) is 32.5 Å². The summed E-state index contributed by atoms with van der Waals surface area (Å²) in [5.41, 5.74) is 1.33. The Bertz CT molecular complexity index is 428. The fourth-order valence-corrected chi connectivity index (χ4v) is 2.45. The second kappa shape index (κ2) is 7.54. The van der Waals surface area contributed by atoms with Gasteiger partial charge in [-0.1, -0.05) is 37.3 Å². The summed E-state index contributed by atoms with van der Waals surface area (Å²) >= 11 is 0. The minimum Gasteiger partial charge on any atom is -0.313 e. The smallest absolute Gasteiger partial charge is 0.151 e. The normalized spacial score (nSPS) is 13.4. The van der Waals surface area contributed by atoms with Gasteiger partial charge in [0.2, 0.25) is 0 Å². The van der Waals surface area contributed by atoms with Gasteiger partial charge in [-0.15, -0.1) is 0 Å². The average Bonchev–Trinajstić information content (AvgIpc) is 2.37. The van der Waals surface area contributed by atoms with Gasteiger partial charge in [-0.2, -0.15) is 0 Å². The van der Waals surface area contributed by atoms with Gasteiger partial charge in [-0.3, -0.25) is 0 Å². The van der Waals surface area contributed by atoms with Gasteiger partial charge in [-0.05, 0) is 25.3 Å². The van der Waals surface area contributed by atoms with Crippen molar-refractivity contribution in [3.8, 4) is 0 Å². The van der Waals surface area contributed by atoms with E-state index in [-0.39, 0.29) is 11.5 Å². The molecule has 0 fully saturated rings. The van der Waals surface area contributed by atoms with Crippen LogP contribution >= 0.6 is 0 Å². The third-order valence-corrected chi connectivity index (χ3v) is 4.76. The van der Waals surface area contributed by atoms with E-state index in [1.54, 1.807) is 6.92 Å². The van der Waals surface area contributed by atoms with Crippen LogP contribution in [0.5, 0.6) is 0 Å². The largest absolute Gasteiger partial charge is 0.313 e. The summed E-state index contributed by atoms with van der Waals surface area (Å²) in [5, 5.41) is 3.26. The van der Waals surface area contributed by atoms with Gasteiger partial charge in [0, 0.05) is 18.3 Å². The lowest BCUT2D eigenvalue weighted by molar-refractivity contribution is 0.526. The molecule has 1 aromatic rings. The van der Waals surface area contributed by atoms with Crippen molar-refractivity contribution in [2.24, 2.45) is 0 Å². The first kappa shape index (κ1) is 15.2. The van der Waals surface area contributed by atoms with Gasteiger partial charge < -0.3 is 5.32 Å². The topological polar surface area (TPSA) is 46.2 Å². The number of aryl methyl sites for hydroxylation is 1. The summed E-state index contributed by atoms with van der Waals surface area (Å²) in [6.07, 6.45) is 2.05. The fourth-order valence-electron chi connectivity index (χ4n) is 1.74. The Morgan fingerprint density at radius 3 is 2.50 bits per heavy atom. The summed E-state index contributed by atoms with van der Waals surface area (Å²) in [4.78, 5) is 0. The number of benzene rings is 1. The molecule has 1 rings (SSSR count). The third kappa shape index (κ3) is 6.17. The zero-order chi connectivity index (χ0) is 13.4. The first-order chi connectivity index (χ1) is 8.53. The van der Waals surface area contributed by atoms with Crippen molar-refractivity contribution >= 4 is 9.84 Å². The molecular formula is C14H23NO2S. The Labute approximate surface area is 111 Å². The highest BCUT2D eigenvalue weighted by Crippen LogP contribution is 2.04. The maximum atomic E-state index is 11.3. The molecule has 4 heteroatoms. The summed E-state index contributed by atoms with van der Waals surface area (Å²) in [7, 11) is -2.84. The highest BCUT2D eigenvalue weighted by molar-refractivity contribution is 7.91. The molecule has 1 atom stereocenters. The molecule has 0 heterocycles. The van der Waals surface area contributed by atoms with Gasteiger partial charge in [-0.25, -0.2) is 8.42 Å². The molecular weight excluding hydrogens is 246 g/mol. The Hall–Kier alpha value is -0.870. The van der Waals surface area contributed by atoms with E-state index in [0.717, 1.165) is 12.8 Å². The lowest BCUT2D eigenvalue weighted by atomic mass is 10.1. The SMILES string of the molecule is CCS(=O)(=O)CCNC(C)CCc1ccccc1. The summed E-state index contributed by atoms with van der Waals surface area (Å²) in [5.74, 6) is 0.465. The van der Waals surface area contributed by atoms with Crippen molar-refractivity contribution in [2.45, 2.75) is 32.7 Å². The second-order valence-corrected chi connectivity index (χ2v) is 7.09. The fraction of sp³-hybridized carbons (Fsp3) is 0.571. The van der Waals surface area contributed by atoms with Crippen molar-refractivity contribution in [1.29, 1.82) is 0 Å². The van der Waals surface area contributed by atoms with Crippen LogP contribution in [0.25, 0.3) is 0 Å². The molecule has 0 saturated heterocycles. The first-order valence-electron chi connectivity index (χ1n) is 6.51. The van der Waals surface area contributed by atoms with Gasteiger partial charge in [0.05, 0.1) is 5.75 Å². The molecule has 0 saturated carbocycles. The van der Waals surface area contributed by atoms with E-state index in [0.29, 0.717) is 12.6 Å². The minimum atomic E-state index is -2.84. The predicted molar refractivity (Wildman–Crippen MR) is 76.6 cm³/mol. The van der Waals surface area contributed by atoms with Crippen LogP contribution in [0.15, 0.2) is 30.3 Å². The molecule has 3 nitrogen and oxygen atoms in total. The molecule has 18 heavy (non-hydrogen) atoms. The lowest BCUT2D eigenvalue weighted by Gasteiger charge is -2.13. The molecule has 0 aliphatic rings. The van der Waals surface area contributed by atoms with Crippen LogP contribution in [0.3, 0.4) is 0 Å². The molecule has 0 spiro atoms. The average molecular weight is 269 g/mol. The highest BCUT2D eigenvalue weighted by atomic mass is 32.2. The Morgan fingerprint density at radius 1 is 1.22 bits per heavy atom. The Balaban J connectivity index is 2.20. The minimum absolute atomic E-state index is 0.229. The van der Waals surface area contributed by atoms with Crippen molar-refractivity contribution in [1.82, 2.24) is 5.32 Å². The molecule has 1 aromatic carbocycles. The number of nitrogens with one attached hydrogen (secondary N) is 1. The van der Waals surface area contributed by atoms with Crippen LogP contribution in [-0.2, 0) is 16.3 Å². The molecule has 0 bridgehead atoms. The summed E-state index contributed by atoms with van der Waals surface area (Å²) < 4.78 is 22.6. The van der Waals surface area contributed by atoms with Crippen LogP contribution in [0, 0.1) is 0 Å². The van der Waals surface area contributed by atoms with Gasteiger partial charge in [0.15, 0.2) is 9.84 Å². The van der Waals surface area contributed by atoms with E-state index in [4.69, 9.17) is 0 Å². The van der Waals surface area contributed by atoms with Gasteiger partial charge >= 0.3 is 0 Å². The van der Waals surface area contributed by atoms with E-state index in [2.05, 4.69) is 24.4 Å². The number of sulfone groups is 1. The zero-order valence-electron chi connectivity index (χ0n) is 11.2. The molecule has 0 aromatic heterocycles. The van der Waals surface area contributed by atoms with Crippen LogP contribution < -0.4 is 5.32 Å². The zero-order valence-corrected chi connectivity index (χ0v) is 12.0. The maximum Gasteiger partial charge on any atom is 0.151 e. The maximum absolute atomic E-state index is 11.3. The highest BCUT2D eigenvalue weighted by Gasteiger charge is 2.08. The molecule has 1 unspecified atom stereocenters. The van der Waals surface area contributed by atoms with E-state index in [1.165, 1.54) is 5.56 Å². The number of hydrogen-bond acceptors (Lipinski definition) is 3. The quantitative estimate of drug-likeness (QED) is 0.785. The van der Waals surface area contributed by atoms with E-state index in [9.17, 15) is 8.42 Å². The summed E-state index contributed by atoms with van der Waals surface area (Å²) in [6.45, 7) is 4.34. The van der Waals surface area contributed by atoms with E-state index in [1.807, 2.05) is 18.2 Å². The molecule has 0 amide bonds.